The lowest BCUT2D eigenvalue weighted by atomic mass is 10.2. The third-order valence-electron chi connectivity index (χ3n) is 4.26. The average molecular weight is 707 g/mol. The van der Waals surface area contributed by atoms with Gasteiger partial charge in [-0.1, -0.05) is 15.9 Å². The minimum Gasteiger partial charge on any atom is -0.495 e. The molecule has 0 aliphatic heterocycles. The van der Waals surface area contributed by atoms with Crippen LogP contribution >= 0.6 is 70.4 Å². The van der Waals surface area contributed by atoms with E-state index in [0.29, 0.717) is 38.5 Å². The predicted molar refractivity (Wildman–Crippen MR) is 136 cm³/mol. The molecule has 1 aromatic heterocycles. The van der Waals surface area contributed by atoms with Crippen molar-refractivity contribution in [2.45, 2.75) is 0 Å². The van der Waals surface area contributed by atoms with Crippen LogP contribution in [0.25, 0.3) is 22.6 Å². The number of rotatable bonds is 4. The highest BCUT2D eigenvalue weighted by Crippen LogP contribution is 2.34. The van der Waals surface area contributed by atoms with Gasteiger partial charge in [0.25, 0.3) is 5.91 Å². The van der Waals surface area contributed by atoms with Gasteiger partial charge in [-0.3, -0.25) is 4.79 Å². The third kappa shape index (κ3) is 4.44. The molecular weight excluding hydrogens is 695 g/mol. The minimum atomic E-state index is -0.294. The van der Waals surface area contributed by atoms with E-state index in [-0.39, 0.29) is 5.91 Å². The maximum Gasteiger partial charge on any atom is 0.259 e. The Hall–Kier alpha value is -1.43. The molecule has 1 amide bonds. The second-order valence-corrected chi connectivity index (χ2v) is 10.1. The zero-order valence-electron chi connectivity index (χ0n) is 15.3. The summed E-state index contributed by atoms with van der Waals surface area (Å²) in [6, 6.07) is 14.8. The van der Waals surface area contributed by atoms with Crippen molar-refractivity contribution >= 4 is 93.1 Å². The number of anilines is 1. The zero-order chi connectivity index (χ0) is 21.4. The van der Waals surface area contributed by atoms with Crippen molar-refractivity contribution in [3.8, 4) is 17.2 Å². The molecular formula is C21H12Br3IN2O3. The maximum atomic E-state index is 12.9. The molecule has 0 saturated heterocycles. The molecule has 0 fully saturated rings. The maximum absolute atomic E-state index is 12.9. The highest BCUT2D eigenvalue weighted by Gasteiger charge is 2.18. The molecule has 0 radical (unpaired) electrons. The largest absolute Gasteiger partial charge is 0.495 e. The molecule has 9 heteroatoms. The van der Waals surface area contributed by atoms with Crippen LogP contribution in [-0.2, 0) is 0 Å². The Morgan fingerprint density at radius 2 is 1.87 bits per heavy atom. The van der Waals surface area contributed by atoms with Crippen LogP contribution in [-0.4, -0.2) is 18.0 Å². The highest BCUT2D eigenvalue weighted by molar-refractivity contribution is 14.1. The number of hydrogen-bond donors (Lipinski definition) is 1. The van der Waals surface area contributed by atoms with Gasteiger partial charge < -0.3 is 14.5 Å². The fourth-order valence-corrected chi connectivity index (χ4v) is 5.21. The van der Waals surface area contributed by atoms with Crippen molar-refractivity contribution in [1.29, 1.82) is 0 Å². The molecule has 0 bridgehead atoms. The molecule has 30 heavy (non-hydrogen) atoms. The van der Waals surface area contributed by atoms with Gasteiger partial charge in [0.1, 0.15) is 11.3 Å². The first-order chi connectivity index (χ1) is 14.4. The molecule has 1 heterocycles. The van der Waals surface area contributed by atoms with Crippen molar-refractivity contribution in [2.24, 2.45) is 0 Å². The van der Waals surface area contributed by atoms with Gasteiger partial charge in [0.05, 0.1) is 22.7 Å². The summed E-state index contributed by atoms with van der Waals surface area (Å²) in [6.07, 6.45) is 0. The number of amides is 1. The predicted octanol–water partition coefficient (Wildman–Crippen LogP) is 7.65. The standard InChI is InChI=1S/C21H12Br3IN2O3/c1-29-19-14(6-10(22)7-16(19)24)20(28)26-12-3-5-18-17(9-12)27-21(30-18)13-8-11(25)2-4-15(13)23/h2-9H,1H3,(H,26,28). The Kier molecular flexibility index (Phi) is 6.52. The number of carbonyl (C=O) groups excluding carboxylic acids is 1. The molecule has 0 aliphatic carbocycles. The molecule has 0 spiro atoms. The Bertz CT molecular complexity index is 1290. The molecule has 1 N–H and O–H groups in total. The molecule has 0 saturated carbocycles. The molecule has 0 atom stereocenters. The first-order valence-electron chi connectivity index (χ1n) is 8.56. The summed E-state index contributed by atoms with van der Waals surface area (Å²) in [4.78, 5) is 17.5. The summed E-state index contributed by atoms with van der Waals surface area (Å²) in [5.41, 5.74) is 3.16. The van der Waals surface area contributed by atoms with Crippen molar-refractivity contribution in [2.75, 3.05) is 12.4 Å². The summed E-state index contributed by atoms with van der Waals surface area (Å²) in [5, 5.41) is 2.90. The third-order valence-corrected chi connectivity index (χ3v) is 6.67. The van der Waals surface area contributed by atoms with E-state index in [9.17, 15) is 4.79 Å². The number of aromatic nitrogens is 1. The van der Waals surface area contributed by atoms with Crippen LogP contribution in [0, 0.1) is 3.57 Å². The number of nitrogens with one attached hydrogen (secondary N) is 1. The average Bonchev–Trinajstić information content (AvgIpc) is 3.12. The van der Waals surface area contributed by atoms with Crippen LogP contribution in [0.2, 0.25) is 0 Å². The number of nitrogens with zero attached hydrogens (tertiary/aromatic N) is 1. The van der Waals surface area contributed by atoms with Crippen molar-refractivity contribution < 1.29 is 13.9 Å². The number of carbonyl (C=O) groups is 1. The lowest BCUT2D eigenvalue weighted by molar-refractivity contribution is 0.102. The molecule has 0 unspecified atom stereocenters. The van der Waals surface area contributed by atoms with E-state index < -0.39 is 0 Å². The Morgan fingerprint density at radius 1 is 1.07 bits per heavy atom. The fourth-order valence-electron chi connectivity index (χ4n) is 2.92. The molecule has 3 aromatic carbocycles. The normalized spacial score (nSPS) is 11.0. The van der Waals surface area contributed by atoms with Crippen LogP contribution in [0.15, 0.2) is 66.4 Å². The van der Waals surface area contributed by atoms with Crippen LogP contribution in [0.1, 0.15) is 10.4 Å². The SMILES string of the molecule is COc1c(Br)cc(Br)cc1C(=O)Nc1ccc2oc(-c3cc(I)ccc3Br)nc2c1. The van der Waals surface area contributed by atoms with Gasteiger partial charge in [-0.05, 0) is 103 Å². The van der Waals surface area contributed by atoms with Gasteiger partial charge in [0.15, 0.2) is 5.58 Å². The van der Waals surface area contributed by atoms with Gasteiger partial charge in [0, 0.05) is 18.2 Å². The summed E-state index contributed by atoms with van der Waals surface area (Å²) in [6.45, 7) is 0. The van der Waals surface area contributed by atoms with Crippen molar-refractivity contribution in [3.63, 3.8) is 0 Å². The molecule has 152 valence electrons. The number of oxazole rings is 1. The smallest absolute Gasteiger partial charge is 0.259 e. The second kappa shape index (κ2) is 8.97. The van der Waals surface area contributed by atoms with Gasteiger partial charge in [0.2, 0.25) is 5.89 Å². The van der Waals surface area contributed by atoms with E-state index in [2.05, 4.69) is 80.7 Å². The van der Waals surface area contributed by atoms with Gasteiger partial charge in [-0.2, -0.15) is 0 Å². The number of hydrogen-bond acceptors (Lipinski definition) is 4. The van der Waals surface area contributed by atoms with Crippen LogP contribution in [0.3, 0.4) is 0 Å². The summed E-state index contributed by atoms with van der Waals surface area (Å²) < 4.78 is 14.7. The molecule has 5 nitrogen and oxygen atoms in total. The van der Waals surface area contributed by atoms with E-state index in [0.717, 1.165) is 18.1 Å². The number of methoxy groups -OCH3 is 1. The first-order valence-corrected chi connectivity index (χ1v) is 12.0. The number of benzene rings is 3. The fraction of sp³-hybridized carbons (Fsp3) is 0.0476. The van der Waals surface area contributed by atoms with Crippen LogP contribution in [0.4, 0.5) is 5.69 Å². The molecule has 0 aliphatic rings. The highest BCUT2D eigenvalue weighted by atomic mass is 127. The lowest BCUT2D eigenvalue weighted by Crippen LogP contribution is -2.13. The molecule has 4 aromatic rings. The molecule has 4 rings (SSSR count). The van der Waals surface area contributed by atoms with E-state index in [1.54, 1.807) is 24.3 Å². The van der Waals surface area contributed by atoms with E-state index >= 15 is 0 Å². The Balaban J connectivity index is 1.67. The summed E-state index contributed by atoms with van der Waals surface area (Å²) in [7, 11) is 1.52. The first kappa shape index (κ1) is 21.8. The number of ether oxygens (including phenoxy) is 1. The van der Waals surface area contributed by atoms with Crippen LogP contribution < -0.4 is 10.1 Å². The quantitative estimate of drug-likeness (QED) is 0.222. The van der Waals surface area contributed by atoms with E-state index in [1.807, 2.05) is 24.3 Å². The van der Waals surface area contributed by atoms with Gasteiger partial charge >= 0.3 is 0 Å². The number of fused-ring (bicyclic) bond motifs is 1. The van der Waals surface area contributed by atoms with Gasteiger partial charge in [-0.25, -0.2) is 4.98 Å². The lowest BCUT2D eigenvalue weighted by Gasteiger charge is -2.11. The van der Waals surface area contributed by atoms with Crippen molar-refractivity contribution in [3.05, 3.63) is 71.1 Å². The van der Waals surface area contributed by atoms with Gasteiger partial charge in [-0.15, -0.1) is 0 Å². The minimum absolute atomic E-state index is 0.294. The van der Waals surface area contributed by atoms with Crippen LogP contribution in [0.5, 0.6) is 5.75 Å². The number of halogens is 4. The Morgan fingerprint density at radius 3 is 2.63 bits per heavy atom. The zero-order valence-corrected chi connectivity index (χ0v) is 22.2. The summed E-state index contributed by atoms with van der Waals surface area (Å²) in [5.74, 6) is 0.678. The van der Waals surface area contributed by atoms with E-state index in [4.69, 9.17) is 9.15 Å². The monoisotopic (exact) mass is 704 g/mol. The topological polar surface area (TPSA) is 64.4 Å². The summed E-state index contributed by atoms with van der Waals surface area (Å²) >= 11 is 12.6. The Labute approximate surface area is 211 Å². The van der Waals surface area contributed by atoms with E-state index in [1.165, 1.54) is 7.11 Å². The second-order valence-electron chi connectivity index (χ2n) is 6.25. The van der Waals surface area contributed by atoms with Crippen molar-refractivity contribution in [1.82, 2.24) is 4.98 Å².